The van der Waals surface area contributed by atoms with E-state index in [9.17, 15) is 53.5 Å². The predicted molar refractivity (Wildman–Crippen MR) is 50.6 cm³/mol. The normalized spacial score (nSPS) is 15.1. The van der Waals surface area contributed by atoms with E-state index >= 15 is 0 Å². The van der Waals surface area contributed by atoms with E-state index in [-0.39, 0.29) is 0 Å². The minimum absolute atomic E-state index is 0.580. The summed E-state index contributed by atoms with van der Waals surface area (Å²) in [6.07, 6.45) is -14.6. The van der Waals surface area contributed by atoms with Crippen LogP contribution in [0.5, 0.6) is 0 Å². The summed E-state index contributed by atoms with van der Waals surface area (Å²) in [6, 6.07) is 0. The lowest BCUT2D eigenvalue weighted by Crippen LogP contribution is -2.52. The third-order valence-electron chi connectivity index (χ3n) is 2.11. The van der Waals surface area contributed by atoms with E-state index < -0.39 is 48.7 Å². The van der Waals surface area contributed by atoms with Crippen molar-refractivity contribution in [2.75, 3.05) is 6.54 Å². The van der Waals surface area contributed by atoms with Crippen LogP contribution in [0.3, 0.4) is 0 Å². The largest absolute Gasteiger partial charge is 0.465 e. The molecular formula is C9H7F10NO3. The van der Waals surface area contributed by atoms with Crippen molar-refractivity contribution in [3.05, 3.63) is 0 Å². The van der Waals surface area contributed by atoms with Gasteiger partial charge >= 0.3 is 30.2 Å². The molecule has 0 rings (SSSR count). The predicted octanol–water partition coefficient (Wildman–Crippen LogP) is 2.43. The van der Waals surface area contributed by atoms with Gasteiger partial charge in [-0.15, -0.1) is 0 Å². The van der Waals surface area contributed by atoms with Crippen LogP contribution >= 0.6 is 0 Å². The minimum Gasteiger partial charge on any atom is -0.456 e. The summed E-state index contributed by atoms with van der Waals surface area (Å²) in [6.45, 7) is -0.777. The van der Waals surface area contributed by atoms with Crippen molar-refractivity contribution in [2.45, 2.75) is 37.2 Å². The Labute approximate surface area is 120 Å². The van der Waals surface area contributed by atoms with E-state index in [4.69, 9.17) is 0 Å². The Hall–Kier alpha value is -1.76. The van der Waals surface area contributed by atoms with Crippen LogP contribution in [0, 0.1) is 0 Å². The van der Waals surface area contributed by atoms with Gasteiger partial charge in [-0.05, 0) is 6.92 Å². The summed E-state index contributed by atoms with van der Waals surface area (Å²) in [4.78, 5) is 21.2. The highest BCUT2D eigenvalue weighted by Gasteiger charge is 2.65. The molecule has 1 atom stereocenters. The molecule has 1 N–H and O–H groups in total. The quantitative estimate of drug-likeness (QED) is 0.600. The molecule has 0 aliphatic heterocycles. The zero-order chi connectivity index (χ0) is 18.9. The van der Waals surface area contributed by atoms with Gasteiger partial charge in [0.1, 0.15) is 6.10 Å². The van der Waals surface area contributed by atoms with Gasteiger partial charge in [-0.1, -0.05) is 0 Å². The van der Waals surface area contributed by atoms with Gasteiger partial charge in [0.15, 0.2) is 0 Å². The van der Waals surface area contributed by atoms with Crippen LogP contribution in [0.25, 0.3) is 0 Å². The summed E-state index contributed by atoms with van der Waals surface area (Å²) >= 11 is 0. The zero-order valence-electron chi connectivity index (χ0n) is 10.8. The monoisotopic (exact) mass is 367 g/mol. The fourth-order valence-electron chi connectivity index (χ4n) is 0.890. The van der Waals surface area contributed by atoms with Crippen LogP contribution in [-0.2, 0) is 14.3 Å². The van der Waals surface area contributed by atoms with Gasteiger partial charge in [-0.3, -0.25) is 4.79 Å². The van der Waals surface area contributed by atoms with Gasteiger partial charge < -0.3 is 10.1 Å². The first-order chi connectivity index (χ1) is 9.94. The molecule has 136 valence electrons. The molecule has 0 spiro atoms. The first-order valence-electron chi connectivity index (χ1n) is 5.33. The third kappa shape index (κ3) is 4.86. The summed E-state index contributed by atoms with van der Waals surface area (Å²) in [5.41, 5.74) is 0. The highest BCUT2D eigenvalue weighted by molar-refractivity contribution is 5.84. The number of rotatable bonds is 5. The van der Waals surface area contributed by atoms with Crippen molar-refractivity contribution >= 4 is 11.9 Å². The first-order valence-corrected chi connectivity index (χ1v) is 5.33. The maximum atomic E-state index is 12.5. The highest BCUT2D eigenvalue weighted by atomic mass is 19.4. The van der Waals surface area contributed by atoms with Gasteiger partial charge in [-0.25, -0.2) is 4.79 Å². The Kier molecular flexibility index (Phi) is 5.90. The molecule has 0 saturated carbocycles. The molecule has 0 saturated heterocycles. The average molecular weight is 367 g/mol. The van der Waals surface area contributed by atoms with Gasteiger partial charge in [0.25, 0.3) is 5.91 Å². The molecule has 0 heterocycles. The van der Waals surface area contributed by atoms with Crippen LogP contribution in [0.4, 0.5) is 43.9 Å². The van der Waals surface area contributed by atoms with Crippen LogP contribution in [0.2, 0.25) is 0 Å². The highest BCUT2D eigenvalue weighted by Crippen LogP contribution is 2.37. The van der Waals surface area contributed by atoms with E-state index in [2.05, 4.69) is 4.74 Å². The fourth-order valence-corrected chi connectivity index (χ4v) is 0.890. The summed E-state index contributed by atoms with van der Waals surface area (Å²) in [5, 5.41) is 0.912. The minimum atomic E-state index is -6.30. The van der Waals surface area contributed by atoms with Crippen LogP contribution < -0.4 is 5.32 Å². The number of hydrogen-bond donors (Lipinski definition) is 1. The molecule has 1 unspecified atom stereocenters. The number of nitrogens with one attached hydrogen (secondary N) is 1. The Bertz CT molecular complexity index is 455. The SMILES string of the molecule is CC(CNC(=O)C(F)(F)C(F)(F)F)OC(=O)C(F)(F)C(F)(F)F. The second kappa shape index (κ2) is 6.39. The third-order valence-corrected chi connectivity index (χ3v) is 2.11. The molecule has 0 radical (unpaired) electrons. The average Bonchev–Trinajstić information content (AvgIpc) is 2.32. The molecule has 4 nitrogen and oxygen atoms in total. The lowest BCUT2D eigenvalue weighted by molar-refractivity contribution is -0.282. The van der Waals surface area contributed by atoms with Crippen molar-refractivity contribution in [1.29, 1.82) is 0 Å². The molecule has 0 aromatic heterocycles. The molecule has 14 heteroatoms. The number of carbonyl (C=O) groups is 2. The standard InChI is InChI=1S/C9H7F10NO3/c1-3(23-5(22)7(12,13)9(17,18)19)2-20-4(21)6(10,11)8(14,15)16/h3H,2H2,1H3,(H,20,21). The van der Waals surface area contributed by atoms with Crippen molar-refractivity contribution in [3.63, 3.8) is 0 Å². The summed E-state index contributed by atoms with van der Waals surface area (Å²) < 4.78 is 124. The van der Waals surface area contributed by atoms with Crippen LogP contribution in [0.15, 0.2) is 0 Å². The van der Waals surface area contributed by atoms with Gasteiger partial charge in [0.2, 0.25) is 0 Å². The molecule has 0 aliphatic carbocycles. The number of halogens is 10. The van der Waals surface area contributed by atoms with Crippen molar-refractivity contribution in [2.24, 2.45) is 0 Å². The fraction of sp³-hybridized carbons (Fsp3) is 0.778. The van der Waals surface area contributed by atoms with E-state index in [0.29, 0.717) is 6.92 Å². The van der Waals surface area contributed by atoms with E-state index in [0.717, 1.165) is 5.32 Å². The summed E-state index contributed by atoms with van der Waals surface area (Å²) in [7, 11) is 0. The maximum absolute atomic E-state index is 12.5. The van der Waals surface area contributed by atoms with E-state index in [1.807, 2.05) is 0 Å². The number of amides is 1. The van der Waals surface area contributed by atoms with Crippen LogP contribution in [0.1, 0.15) is 6.92 Å². The maximum Gasteiger partial charge on any atom is 0.465 e. The van der Waals surface area contributed by atoms with Crippen LogP contribution in [-0.4, -0.2) is 48.7 Å². The number of carbonyl (C=O) groups excluding carboxylic acids is 2. The van der Waals surface area contributed by atoms with Gasteiger partial charge in [0.05, 0.1) is 6.54 Å². The van der Waals surface area contributed by atoms with Crippen molar-refractivity contribution in [1.82, 2.24) is 5.32 Å². The van der Waals surface area contributed by atoms with Gasteiger partial charge in [0, 0.05) is 0 Å². The van der Waals surface area contributed by atoms with Gasteiger partial charge in [-0.2, -0.15) is 43.9 Å². The van der Waals surface area contributed by atoms with Crippen molar-refractivity contribution < 1.29 is 58.2 Å². The zero-order valence-corrected chi connectivity index (χ0v) is 10.8. The van der Waals surface area contributed by atoms with Crippen molar-refractivity contribution in [3.8, 4) is 0 Å². The molecule has 0 aromatic carbocycles. The molecule has 1 amide bonds. The number of alkyl halides is 10. The molecular weight excluding hydrogens is 360 g/mol. The van der Waals surface area contributed by atoms with E-state index in [1.165, 1.54) is 0 Å². The second-order valence-corrected chi connectivity index (χ2v) is 4.07. The molecule has 0 bridgehead atoms. The topological polar surface area (TPSA) is 55.4 Å². The first kappa shape index (κ1) is 21.2. The smallest absolute Gasteiger partial charge is 0.456 e. The number of ether oxygens (including phenoxy) is 1. The molecule has 23 heavy (non-hydrogen) atoms. The lowest BCUT2D eigenvalue weighted by Gasteiger charge is -2.22. The Morgan fingerprint density at radius 2 is 1.26 bits per heavy atom. The molecule has 0 aromatic rings. The molecule has 0 fully saturated rings. The summed E-state index contributed by atoms with van der Waals surface area (Å²) in [5.74, 6) is -17.7. The Morgan fingerprint density at radius 3 is 1.61 bits per heavy atom. The Morgan fingerprint density at radius 1 is 0.870 bits per heavy atom. The second-order valence-electron chi connectivity index (χ2n) is 4.07. The number of esters is 1. The van der Waals surface area contributed by atoms with E-state index in [1.54, 1.807) is 0 Å². The molecule has 0 aliphatic rings. The lowest BCUT2D eigenvalue weighted by atomic mass is 10.3. The number of hydrogen-bond acceptors (Lipinski definition) is 3. The Balaban J connectivity index is 4.68.